The first-order valence-electron chi connectivity index (χ1n) is 5.60. The predicted octanol–water partition coefficient (Wildman–Crippen LogP) is 1.72. The van der Waals surface area contributed by atoms with Gasteiger partial charge < -0.3 is 15.0 Å². The van der Waals surface area contributed by atoms with Crippen LogP contribution in [0.3, 0.4) is 0 Å². The lowest BCUT2D eigenvalue weighted by molar-refractivity contribution is -0.129. The lowest BCUT2D eigenvalue weighted by Gasteiger charge is -2.19. The van der Waals surface area contributed by atoms with Crippen molar-refractivity contribution in [2.75, 3.05) is 26.5 Å². The molecule has 4 heteroatoms. The number of methoxy groups -OCH3 is 1. The second-order valence-corrected chi connectivity index (χ2v) is 4.23. The second kappa shape index (κ2) is 6.25. The summed E-state index contributed by atoms with van der Waals surface area (Å²) in [6.45, 7) is 2.46. The Kier molecular flexibility index (Phi) is 4.97. The van der Waals surface area contributed by atoms with Crippen LogP contribution in [0, 0.1) is 0 Å². The van der Waals surface area contributed by atoms with E-state index in [4.69, 9.17) is 4.74 Å². The number of amides is 1. The molecule has 1 rings (SSSR count). The molecule has 0 saturated heterocycles. The molecule has 1 unspecified atom stereocenters. The Morgan fingerprint density at radius 2 is 1.94 bits per heavy atom. The van der Waals surface area contributed by atoms with Gasteiger partial charge in [-0.05, 0) is 24.6 Å². The molecule has 1 atom stereocenters. The average molecular weight is 236 g/mol. The summed E-state index contributed by atoms with van der Waals surface area (Å²) in [7, 11) is 5.17. The summed E-state index contributed by atoms with van der Waals surface area (Å²) in [5.74, 6) is 0.0611. The van der Waals surface area contributed by atoms with Gasteiger partial charge in [-0.1, -0.05) is 12.1 Å². The van der Waals surface area contributed by atoms with E-state index in [1.165, 1.54) is 0 Å². The Balaban J connectivity index is 2.60. The van der Waals surface area contributed by atoms with Crippen LogP contribution in [0.4, 0.5) is 5.69 Å². The summed E-state index contributed by atoms with van der Waals surface area (Å²) in [5, 5.41) is 3.16. The fraction of sp³-hybridized carbons (Fsp3) is 0.462. The van der Waals surface area contributed by atoms with E-state index in [9.17, 15) is 4.79 Å². The van der Waals surface area contributed by atoms with Gasteiger partial charge in [-0.25, -0.2) is 0 Å². The zero-order valence-electron chi connectivity index (χ0n) is 10.9. The Morgan fingerprint density at radius 3 is 2.41 bits per heavy atom. The van der Waals surface area contributed by atoms with E-state index in [0.717, 1.165) is 11.3 Å². The van der Waals surface area contributed by atoms with Crippen LogP contribution in [0.25, 0.3) is 0 Å². The fourth-order valence-electron chi connectivity index (χ4n) is 1.56. The zero-order chi connectivity index (χ0) is 12.8. The predicted molar refractivity (Wildman–Crippen MR) is 68.9 cm³/mol. The van der Waals surface area contributed by atoms with Crippen molar-refractivity contribution in [2.45, 2.75) is 19.6 Å². The topological polar surface area (TPSA) is 41.6 Å². The molecule has 0 aromatic heterocycles. The molecule has 0 heterocycles. The number of carbonyl (C=O) groups is 1. The van der Waals surface area contributed by atoms with Gasteiger partial charge in [0.25, 0.3) is 0 Å². The van der Waals surface area contributed by atoms with Gasteiger partial charge in [0.2, 0.25) is 5.91 Å². The van der Waals surface area contributed by atoms with Crippen molar-refractivity contribution in [1.82, 2.24) is 4.90 Å². The van der Waals surface area contributed by atoms with Crippen LogP contribution >= 0.6 is 0 Å². The molecule has 0 radical (unpaired) electrons. The van der Waals surface area contributed by atoms with E-state index in [2.05, 4.69) is 5.32 Å². The number of carbonyl (C=O) groups excluding carboxylic acids is 1. The van der Waals surface area contributed by atoms with E-state index in [1.54, 1.807) is 26.1 Å². The quantitative estimate of drug-likeness (QED) is 0.846. The average Bonchev–Trinajstić information content (AvgIpc) is 2.30. The highest BCUT2D eigenvalue weighted by atomic mass is 16.5. The molecule has 0 spiro atoms. The minimum absolute atomic E-state index is 0.0611. The maximum atomic E-state index is 11.7. The highest BCUT2D eigenvalue weighted by Crippen LogP contribution is 2.11. The summed E-state index contributed by atoms with van der Waals surface area (Å²) >= 11 is 0. The smallest absolute Gasteiger partial charge is 0.244 e. The largest absolute Gasteiger partial charge is 0.380 e. The van der Waals surface area contributed by atoms with Crippen LogP contribution in [0.15, 0.2) is 24.3 Å². The molecule has 0 aliphatic rings. The zero-order valence-corrected chi connectivity index (χ0v) is 10.9. The summed E-state index contributed by atoms with van der Waals surface area (Å²) in [4.78, 5) is 13.2. The van der Waals surface area contributed by atoms with Crippen molar-refractivity contribution < 1.29 is 9.53 Å². The summed E-state index contributed by atoms with van der Waals surface area (Å²) in [5.41, 5.74) is 2.05. The minimum atomic E-state index is -0.224. The first-order valence-corrected chi connectivity index (χ1v) is 5.60. The van der Waals surface area contributed by atoms with Crippen LogP contribution in [0.2, 0.25) is 0 Å². The highest BCUT2D eigenvalue weighted by molar-refractivity contribution is 5.83. The van der Waals surface area contributed by atoms with E-state index >= 15 is 0 Å². The normalized spacial score (nSPS) is 12.0. The summed E-state index contributed by atoms with van der Waals surface area (Å²) < 4.78 is 5.04. The number of benzene rings is 1. The third-order valence-corrected chi connectivity index (χ3v) is 2.46. The summed E-state index contributed by atoms with van der Waals surface area (Å²) in [6, 6.07) is 7.65. The van der Waals surface area contributed by atoms with E-state index < -0.39 is 0 Å². The van der Waals surface area contributed by atoms with Gasteiger partial charge in [0.05, 0.1) is 6.61 Å². The Morgan fingerprint density at radius 1 is 1.35 bits per heavy atom. The monoisotopic (exact) mass is 236 g/mol. The van der Waals surface area contributed by atoms with Gasteiger partial charge >= 0.3 is 0 Å². The van der Waals surface area contributed by atoms with Gasteiger partial charge in [-0.2, -0.15) is 0 Å². The van der Waals surface area contributed by atoms with Gasteiger partial charge in [0, 0.05) is 26.9 Å². The van der Waals surface area contributed by atoms with Crippen LogP contribution in [-0.2, 0) is 16.1 Å². The van der Waals surface area contributed by atoms with Crippen molar-refractivity contribution in [2.24, 2.45) is 0 Å². The lowest BCUT2D eigenvalue weighted by Crippen LogP contribution is -2.36. The molecule has 17 heavy (non-hydrogen) atoms. The van der Waals surface area contributed by atoms with Crippen molar-refractivity contribution >= 4 is 11.6 Å². The summed E-state index contributed by atoms with van der Waals surface area (Å²) in [6.07, 6.45) is 0. The molecule has 0 fully saturated rings. The number of hydrogen-bond donors (Lipinski definition) is 1. The fourth-order valence-corrected chi connectivity index (χ4v) is 1.56. The second-order valence-electron chi connectivity index (χ2n) is 4.23. The number of rotatable bonds is 5. The Hall–Kier alpha value is -1.55. The van der Waals surface area contributed by atoms with Crippen LogP contribution in [0.1, 0.15) is 12.5 Å². The molecule has 1 aromatic rings. The number of nitrogens with one attached hydrogen (secondary N) is 1. The number of nitrogens with zero attached hydrogens (tertiary/aromatic N) is 1. The molecular weight excluding hydrogens is 216 g/mol. The maximum absolute atomic E-state index is 11.7. The van der Waals surface area contributed by atoms with Crippen LogP contribution in [-0.4, -0.2) is 38.1 Å². The maximum Gasteiger partial charge on any atom is 0.244 e. The first kappa shape index (κ1) is 13.5. The van der Waals surface area contributed by atoms with E-state index in [1.807, 2.05) is 31.2 Å². The van der Waals surface area contributed by atoms with E-state index in [0.29, 0.717) is 6.61 Å². The molecule has 4 nitrogen and oxygen atoms in total. The number of hydrogen-bond acceptors (Lipinski definition) is 3. The minimum Gasteiger partial charge on any atom is -0.380 e. The molecule has 94 valence electrons. The SMILES string of the molecule is COCc1ccc(NC(C)C(=O)N(C)C)cc1. The Bertz CT molecular complexity index is 360. The van der Waals surface area contributed by atoms with Crippen molar-refractivity contribution in [3.63, 3.8) is 0 Å². The molecular formula is C13H20N2O2. The van der Waals surface area contributed by atoms with Gasteiger partial charge in [-0.3, -0.25) is 4.79 Å². The van der Waals surface area contributed by atoms with Crippen LogP contribution in [0.5, 0.6) is 0 Å². The van der Waals surface area contributed by atoms with Crippen molar-refractivity contribution in [3.8, 4) is 0 Å². The first-order chi connectivity index (χ1) is 8.04. The third kappa shape index (κ3) is 4.07. The number of ether oxygens (including phenoxy) is 1. The molecule has 1 amide bonds. The van der Waals surface area contributed by atoms with Gasteiger partial charge in [-0.15, -0.1) is 0 Å². The van der Waals surface area contributed by atoms with Crippen LogP contribution < -0.4 is 5.32 Å². The number of anilines is 1. The van der Waals surface area contributed by atoms with Gasteiger partial charge in [0.15, 0.2) is 0 Å². The molecule has 0 bridgehead atoms. The molecule has 1 N–H and O–H groups in total. The van der Waals surface area contributed by atoms with E-state index in [-0.39, 0.29) is 11.9 Å². The lowest BCUT2D eigenvalue weighted by atomic mass is 10.2. The van der Waals surface area contributed by atoms with Crippen molar-refractivity contribution in [1.29, 1.82) is 0 Å². The van der Waals surface area contributed by atoms with Gasteiger partial charge in [0.1, 0.15) is 6.04 Å². The standard InChI is InChI=1S/C13H20N2O2/c1-10(13(16)15(2)3)14-12-7-5-11(6-8-12)9-17-4/h5-8,10,14H,9H2,1-4H3. The van der Waals surface area contributed by atoms with Crippen molar-refractivity contribution in [3.05, 3.63) is 29.8 Å². The molecule has 1 aromatic carbocycles. The number of likely N-dealkylation sites (N-methyl/N-ethyl adjacent to an activating group) is 1. The molecule has 0 saturated carbocycles. The molecule has 0 aliphatic heterocycles. The Labute approximate surface area is 103 Å². The molecule has 0 aliphatic carbocycles. The third-order valence-electron chi connectivity index (χ3n) is 2.46. The highest BCUT2D eigenvalue weighted by Gasteiger charge is 2.13.